The number of nitrogens with two attached hydrogens (primary N) is 1. The van der Waals surface area contributed by atoms with Crippen molar-refractivity contribution >= 4 is 28.6 Å². The summed E-state index contributed by atoms with van der Waals surface area (Å²) in [7, 11) is 1.32. The largest absolute Gasteiger partial charge is 0.453 e. The summed E-state index contributed by atoms with van der Waals surface area (Å²) in [5.41, 5.74) is 9.65. The Kier molecular flexibility index (Phi) is 9.76. The highest BCUT2D eigenvalue weighted by Crippen LogP contribution is 2.29. The molecule has 11 nitrogen and oxygen atoms in total. The molecule has 3 N–H and O–H groups in total. The van der Waals surface area contributed by atoms with Crippen molar-refractivity contribution in [3.05, 3.63) is 60.6 Å². The van der Waals surface area contributed by atoms with Gasteiger partial charge < -0.3 is 15.2 Å². The number of likely N-dealkylation sites (tertiary alicyclic amines) is 1. The van der Waals surface area contributed by atoms with Gasteiger partial charge in [0.05, 0.1) is 24.7 Å². The number of hydrogen-bond donors (Lipinski definition) is 2. The van der Waals surface area contributed by atoms with E-state index in [-0.39, 0.29) is 6.04 Å². The van der Waals surface area contributed by atoms with Crippen LogP contribution in [-0.4, -0.2) is 69.1 Å². The molecule has 1 amide bonds. The maximum Gasteiger partial charge on any atom is 0.411 e. The molecular weight excluding hydrogens is 496 g/mol. The van der Waals surface area contributed by atoms with Gasteiger partial charge in [-0.3, -0.25) is 15.2 Å². The number of hydrogen-bond acceptors (Lipinski definition) is 9. The summed E-state index contributed by atoms with van der Waals surface area (Å²) in [5, 5.41) is 8.01. The van der Waals surface area contributed by atoms with E-state index in [0.29, 0.717) is 17.3 Å². The second-order valence-electron chi connectivity index (χ2n) is 9.10. The lowest BCUT2D eigenvalue weighted by molar-refractivity contribution is 0.162. The van der Waals surface area contributed by atoms with E-state index in [1.807, 2.05) is 42.9 Å². The van der Waals surface area contributed by atoms with E-state index in [1.54, 1.807) is 24.5 Å². The second kappa shape index (κ2) is 13.6. The molecule has 206 valence electrons. The molecular formula is C28H36N8O3. The number of fused-ring (bicyclic) bond motifs is 1. The third-order valence-electron chi connectivity index (χ3n) is 6.50. The molecule has 0 saturated carbocycles. The standard InChI is InChI=1S/C24H26N8O2.C4H10O/c1-34-24(33)28-18-6-4-17(5-7-18)22-29-21(25)20-14-27-32(23(20)30-22)19-8-11-31(12-9-19)15-16-3-2-10-26-13-16;1-3-5-4-2/h2-7,10,13-14,19H,8-9,11-12,15H2,1H3,(H,28,33)(H2,25,29,30);3-4H2,1-2H3. The number of methoxy groups -OCH3 is 1. The molecule has 39 heavy (non-hydrogen) atoms. The van der Waals surface area contributed by atoms with Gasteiger partial charge in [-0.15, -0.1) is 0 Å². The fourth-order valence-corrected chi connectivity index (χ4v) is 4.49. The molecule has 1 aliphatic rings. The van der Waals surface area contributed by atoms with Gasteiger partial charge in [0.2, 0.25) is 0 Å². The fourth-order valence-electron chi connectivity index (χ4n) is 4.49. The number of amides is 1. The average molecular weight is 533 g/mol. The molecule has 11 heteroatoms. The molecule has 0 atom stereocenters. The summed E-state index contributed by atoms with van der Waals surface area (Å²) >= 11 is 0. The summed E-state index contributed by atoms with van der Waals surface area (Å²) in [6, 6.07) is 11.5. The van der Waals surface area contributed by atoms with Crippen LogP contribution in [0.5, 0.6) is 0 Å². The summed E-state index contributed by atoms with van der Waals surface area (Å²) in [5.74, 6) is 0.919. The molecule has 1 fully saturated rings. The molecule has 4 heterocycles. The number of piperidine rings is 1. The van der Waals surface area contributed by atoms with Gasteiger partial charge in [0.15, 0.2) is 11.5 Å². The number of nitrogens with one attached hydrogen (secondary N) is 1. The highest BCUT2D eigenvalue weighted by molar-refractivity contribution is 5.87. The number of carbonyl (C=O) groups is 1. The van der Waals surface area contributed by atoms with E-state index in [9.17, 15) is 4.79 Å². The van der Waals surface area contributed by atoms with Crippen molar-refractivity contribution < 1.29 is 14.3 Å². The Balaban J connectivity index is 0.000000648. The normalized spacial score (nSPS) is 14.0. The Morgan fingerprint density at radius 2 is 1.82 bits per heavy atom. The number of anilines is 2. The van der Waals surface area contributed by atoms with Gasteiger partial charge in [-0.1, -0.05) is 6.07 Å². The Hall–Kier alpha value is -4.09. The monoisotopic (exact) mass is 532 g/mol. The third-order valence-corrected chi connectivity index (χ3v) is 6.50. The Morgan fingerprint density at radius 3 is 2.44 bits per heavy atom. The van der Waals surface area contributed by atoms with Crippen LogP contribution in [0.4, 0.5) is 16.3 Å². The van der Waals surface area contributed by atoms with Crippen LogP contribution in [0.2, 0.25) is 0 Å². The van der Waals surface area contributed by atoms with Crippen molar-refractivity contribution in [2.75, 3.05) is 44.5 Å². The van der Waals surface area contributed by atoms with Gasteiger partial charge in [0, 0.05) is 56.5 Å². The maximum atomic E-state index is 11.4. The van der Waals surface area contributed by atoms with Crippen LogP contribution in [-0.2, 0) is 16.0 Å². The third kappa shape index (κ3) is 7.27. The van der Waals surface area contributed by atoms with Crippen molar-refractivity contribution in [2.45, 2.75) is 39.3 Å². The summed E-state index contributed by atoms with van der Waals surface area (Å²) < 4.78 is 11.4. The molecule has 1 aliphatic heterocycles. The minimum atomic E-state index is -0.523. The van der Waals surface area contributed by atoms with Crippen molar-refractivity contribution in [3.63, 3.8) is 0 Å². The van der Waals surface area contributed by atoms with Crippen molar-refractivity contribution in [2.24, 2.45) is 0 Å². The van der Waals surface area contributed by atoms with E-state index in [2.05, 4.69) is 36.1 Å². The van der Waals surface area contributed by atoms with Crippen LogP contribution in [0.3, 0.4) is 0 Å². The van der Waals surface area contributed by atoms with E-state index in [0.717, 1.165) is 62.3 Å². The number of pyridine rings is 1. The van der Waals surface area contributed by atoms with E-state index >= 15 is 0 Å². The lowest BCUT2D eigenvalue weighted by Gasteiger charge is -2.32. The lowest BCUT2D eigenvalue weighted by atomic mass is 10.0. The molecule has 0 radical (unpaired) electrons. The zero-order valence-electron chi connectivity index (χ0n) is 22.7. The highest BCUT2D eigenvalue weighted by atomic mass is 16.5. The summed E-state index contributed by atoms with van der Waals surface area (Å²) in [6.07, 6.45) is 6.90. The predicted molar refractivity (Wildman–Crippen MR) is 151 cm³/mol. The molecule has 0 unspecified atom stereocenters. The van der Waals surface area contributed by atoms with Crippen LogP contribution in [0.15, 0.2) is 55.0 Å². The molecule has 0 aliphatic carbocycles. The molecule has 1 aromatic carbocycles. The van der Waals surface area contributed by atoms with Crippen LogP contribution in [0, 0.1) is 0 Å². The van der Waals surface area contributed by atoms with E-state index < -0.39 is 6.09 Å². The summed E-state index contributed by atoms with van der Waals surface area (Å²) in [6.45, 7) is 8.52. The minimum absolute atomic E-state index is 0.247. The molecule has 4 aromatic rings. The first-order chi connectivity index (χ1) is 19.0. The number of nitrogen functional groups attached to an aromatic ring is 1. The number of nitrogens with zero attached hydrogens (tertiary/aromatic N) is 6. The lowest BCUT2D eigenvalue weighted by Crippen LogP contribution is -2.34. The van der Waals surface area contributed by atoms with Crippen molar-refractivity contribution in [1.82, 2.24) is 29.6 Å². The Labute approximate surface area is 228 Å². The number of aromatic nitrogens is 5. The van der Waals surface area contributed by atoms with Crippen LogP contribution < -0.4 is 11.1 Å². The number of rotatable bonds is 7. The zero-order valence-corrected chi connectivity index (χ0v) is 22.7. The van der Waals surface area contributed by atoms with Crippen molar-refractivity contribution in [3.8, 4) is 11.4 Å². The molecule has 0 bridgehead atoms. The van der Waals surface area contributed by atoms with Crippen LogP contribution in [0.1, 0.15) is 38.3 Å². The fraction of sp³-hybridized carbons (Fsp3) is 0.393. The Bertz CT molecular complexity index is 1330. The molecule has 1 saturated heterocycles. The van der Waals surface area contributed by atoms with Gasteiger partial charge >= 0.3 is 6.09 Å². The molecule has 5 rings (SSSR count). The van der Waals surface area contributed by atoms with Gasteiger partial charge in [0.1, 0.15) is 5.82 Å². The Morgan fingerprint density at radius 1 is 1.08 bits per heavy atom. The maximum absolute atomic E-state index is 11.4. The SMILES string of the molecule is CCOCC.COC(=O)Nc1ccc(-c2nc(N)c3cnn(C4CCN(Cc5cccnc5)CC4)c3n2)cc1. The first-order valence-corrected chi connectivity index (χ1v) is 13.2. The first kappa shape index (κ1) is 27.9. The highest BCUT2D eigenvalue weighted by Gasteiger charge is 2.24. The topological polar surface area (TPSA) is 133 Å². The second-order valence-corrected chi connectivity index (χ2v) is 9.10. The number of carbonyl (C=O) groups excluding carboxylic acids is 1. The number of ether oxygens (including phenoxy) is 2. The van der Waals surface area contributed by atoms with Crippen LogP contribution >= 0.6 is 0 Å². The predicted octanol–water partition coefficient (Wildman–Crippen LogP) is 4.53. The molecule has 0 spiro atoms. The van der Waals surface area contributed by atoms with Gasteiger partial charge in [-0.2, -0.15) is 5.10 Å². The molecule has 3 aromatic heterocycles. The van der Waals surface area contributed by atoms with Crippen LogP contribution in [0.25, 0.3) is 22.4 Å². The quantitative estimate of drug-likeness (QED) is 0.352. The van der Waals surface area contributed by atoms with Gasteiger partial charge in [-0.25, -0.2) is 19.4 Å². The van der Waals surface area contributed by atoms with Gasteiger partial charge in [0.25, 0.3) is 0 Å². The van der Waals surface area contributed by atoms with E-state index in [4.69, 9.17) is 15.5 Å². The smallest absolute Gasteiger partial charge is 0.411 e. The minimum Gasteiger partial charge on any atom is -0.453 e. The summed E-state index contributed by atoms with van der Waals surface area (Å²) in [4.78, 5) is 27.4. The van der Waals surface area contributed by atoms with Crippen molar-refractivity contribution in [1.29, 1.82) is 0 Å². The zero-order chi connectivity index (χ0) is 27.6. The number of benzene rings is 1. The van der Waals surface area contributed by atoms with E-state index in [1.165, 1.54) is 12.7 Å². The van der Waals surface area contributed by atoms with Gasteiger partial charge in [-0.05, 0) is 62.6 Å². The first-order valence-electron chi connectivity index (χ1n) is 13.2. The average Bonchev–Trinajstić information content (AvgIpc) is 3.40.